The molecule has 1 aromatic heterocycles. The number of imidazole rings is 1. The summed E-state index contributed by atoms with van der Waals surface area (Å²) in [5.74, 6) is 1.30. The van der Waals surface area contributed by atoms with Crippen LogP contribution in [-0.4, -0.2) is 22.3 Å². The summed E-state index contributed by atoms with van der Waals surface area (Å²) in [6.45, 7) is 2.71. The Hall–Kier alpha value is -3.80. The Morgan fingerprint density at radius 3 is 2.86 bits per heavy atom. The van der Waals surface area contributed by atoms with Gasteiger partial charge in [-0.05, 0) is 60.5 Å². The first-order valence-electron chi connectivity index (χ1n) is 9.38. The van der Waals surface area contributed by atoms with Gasteiger partial charge in [-0.2, -0.15) is 0 Å². The molecule has 3 aromatic carbocycles. The van der Waals surface area contributed by atoms with Crippen LogP contribution in [0.3, 0.4) is 0 Å². The van der Waals surface area contributed by atoms with Crippen LogP contribution in [0.1, 0.15) is 21.5 Å². The highest BCUT2D eigenvalue weighted by molar-refractivity contribution is 5.97. The van der Waals surface area contributed by atoms with Gasteiger partial charge in [-0.3, -0.25) is 9.36 Å². The number of benzene rings is 3. The van der Waals surface area contributed by atoms with E-state index in [2.05, 4.69) is 29.4 Å². The first-order chi connectivity index (χ1) is 14.2. The van der Waals surface area contributed by atoms with Gasteiger partial charge in [0.05, 0.1) is 11.0 Å². The molecule has 6 heteroatoms. The number of rotatable bonds is 4. The van der Waals surface area contributed by atoms with Crippen LogP contribution >= 0.6 is 0 Å². The second kappa shape index (κ2) is 6.98. The van der Waals surface area contributed by atoms with E-state index in [-0.39, 0.29) is 12.7 Å². The molecule has 0 unspecified atom stereocenters. The fourth-order valence-electron chi connectivity index (χ4n) is 3.47. The number of aryl methyl sites for hydroxylation is 1. The van der Waals surface area contributed by atoms with E-state index >= 15 is 0 Å². The predicted octanol–water partition coefficient (Wildman–Crippen LogP) is 3.99. The summed E-state index contributed by atoms with van der Waals surface area (Å²) in [5.41, 5.74) is 5.50. The van der Waals surface area contributed by atoms with E-state index in [0.717, 1.165) is 28.0 Å². The molecule has 0 atom stereocenters. The lowest BCUT2D eigenvalue weighted by Gasteiger charge is -2.08. The maximum atomic E-state index is 12.6. The van der Waals surface area contributed by atoms with Gasteiger partial charge in [0.25, 0.3) is 5.91 Å². The zero-order valence-electron chi connectivity index (χ0n) is 15.9. The smallest absolute Gasteiger partial charge is 0.251 e. The van der Waals surface area contributed by atoms with Crippen molar-refractivity contribution in [3.63, 3.8) is 0 Å². The molecule has 0 spiro atoms. The average molecular weight is 385 g/mol. The maximum absolute atomic E-state index is 12.6. The Bertz CT molecular complexity index is 1230. The minimum atomic E-state index is -0.144. The second-order valence-electron chi connectivity index (χ2n) is 7.03. The maximum Gasteiger partial charge on any atom is 0.251 e. The van der Waals surface area contributed by atoms with Gasteiger partial charge in [0.1, 0.15) is 6.33 Å². The molecule has 1 aliphatic heterocycles. The molecule has 1 amide bonds. The molecular formula is C23H19N3O3. The van der Waals surface area contributed by atoms with Gasteiger partial charge in [0.15, 0.2) is 11.5 Å². The predicted molar refractivity (Wildman–Crippen MR) is 110 cm³/mol. The molecule has 0 radical (unpaired) electrons. The summed E-state index contributed by atoms with van der Waals surface area (Å²) < 4.78 is 12.7. The third kappa shape index (κ3) is 3.29. The minimum Gasteiger partial charge on any atom is -0.454 e. The number of nitrogens with one attached hydrogen (secondary N) is 1. The molecule has 0 saturated heterocycles. The molecule has 6 nitrogen and oxygen atoms in total. The van der Waals surface area contributed by atoms with E-state index in [4.69, 9.17) is 9.47 Å². The van der Waals surface area contributed by atoms with Gasteiger partial charge in [-0.15, -0.1) is 0 Å². The zero-order chi connectivity index (χ0) is 19.8. The first kappa shape index (κ1) is 17.3. The third-order valence-corrected chi connectivity index (χ3v) is 4.98. The summed E-state index contributed by atoms with van der Waals surface area (Å²) in [5, 5.41) is 2.95. The fourth-order valence-corrected chi connectivity index (χ4v) is 3.47. The molecule has 2 heterocycles. The zero-order valence-corrected chi connectivity index (χ0v) is 15.9. The highest BCUT2D eigenvalue weighted by Gasteiger charge is 2.14. The lowest BCUT2D eigenvalue weighted by atomic mass is 10.1. The van der Waals surface area contributed by atoms with Crippen molar-refractivity contribution in [1.82, 2.24) is 14.9 Å². The van der Waals surface area contributed by atoms with E-state index in [9.17, 15) is 4.79 Å². The number of aromatic nitrogens is 2. The Morgan fingerprint density at radius 2 is 1.97 bits per heavy atom. The summed E-state index contributed by atoms with van der Waals surface area (Å²) in [6, 6.07) is 19.5. The number of ether oxygens (including phenoxy) is 2. The molecule has 1 aliphatic rings. The minimum absolute atomic E-state index is 0.144. The van der Waals surface area contributed by atoms with E-state index in [0.29, 0.717) is 17.9 Å². The van der Waals surface area contributed by atoms with Gasteiger partial charge < -0.3 is 14.8 Å². The fraction of sp³-hybridized carbons (Fsp3) is 0.130. The highest BCUT2D eigenvalue weighted by atomic mass is 16.7. The number of fused-ring (bicyclic) bond motifs is 2. The highest BCUT2D eigenvalue weighted by Crippen LogP contribution is 2.32. The third-order valence-electron chi connectivity index (χ3n) is 4.98. The van der Waals surface area contributed by atoms with Crippen molar-refractivity contribution in [3.8, 4) is 17.2 Å². The standard InChI is InChI=1S/C23H19N3O3/c1-15-3-2-4-18(9-15)26-13-25-19-11-17(6-7-20(19)26)23(27)24-12-16-5-8-21-22(10-16)29-14-28-21/h2-11,13H,12,14H2,1H3,(H,24,27). The molecule has 0 fully saturated rings. The molecule has 0 aliphatic carbocycles. The van der Waals surface area contributed by atoms with Crippen molar-refractivity contribution in [2.24, 2.45) is 0 Å². The van der Waals surface area contributed by atoms with E-state index in [1.54, 1.807) is 6.33 Å². The van der Waals surface area contributed by atoms with Crippen molar-refractivity contribution in [3.05, 3.63) is 83.7 Å². The second-order valence-corrected chi connectivity index (χ2v) is 7.03. The average Bonchev–Trinajstić information content (AvgIpc) is 3.37. The summed E-state index contributed by atoms with van der Waals surface area (Å²) in [7, 11) is 0. The van der Waals surface area contributed by atoms with E-state index < -0.39 is 0 Å². The number of amides is 1. The van der Waals surface area contributed by atoms with Crippen LogP contribution in [0.25, 0.3) is 16.7 Å². The molecular weight excluding hydrogens is 366 g/mol. The first-order valence-corrected chi connectivity index (χ1v) is 9.38. The van der Waals surface area contributed by atoms with Gasteiger partial charge in [0, 0.05) is 17.8 Å². The van der Waals surface area contributed by atoms with Gasteiger partial charge in [-0.1, -0.05) is 18.2 Å². The molecule has 144 valence electrons. The lowest BCUT2D eigenvalue weighted by Crippen LogP contribution is -2.22. The van der Waals surface area contributed by atoms with Crippen molar-refractivity contribution in [2.45, 2.75) is 13.5 Å². The van der Waals surface area contributed by atoms with Crippen LogP contribution < -0.4 is 14.8 Å². The van der Waals surface area contributed by atoms with Gasteiger partial charge in [-0.25, -0.2) is 4.98 Å². The Kier molecular flexibility index (Phi) is 4.17. The molecule has 5 rings (SSSR count). The van der Waals surface area contributed by atoms with Crippen LogP contribution in [0, 0.1) is 6.92 Å². The van der Waals surface area contributed by atoms with Crippen LogP contribution in [0.5, 0.6) is 11.5 Å². The van der Waals surface area contributed by atoms with Gasteiger partial charge in [0.2, 0.25) is 6.79 Å². The summed E-state index contributed by atoms with van der Waals surface area (Å²) in [4.78, 5) is 17.1. The number of hydrogen-bond acceptors (Lipinski definition) is 4. The summed E-state index contributed by atoms with van der Waals surface area (Å²) in [6.07, 6.45) is 1.79. The molecule has 0 bridgehead atoms. The largest absolute Gasteiger partial charge is 0.454 e. The van der Waals surface area contributed by atoms with E-state index in [1.807, 2.05) is 53.1 Å². The number of carbonyl (C=O) groups is 1. The Labute approximate surface area is 167 Å². The van der Waals surface area contributed by atoms with Crippen LogP contribution in [-0.2, 0) is 6.54 Å². The topological polar surface area (TPSA) is 65.4 Å². The van der Waals surface area contributed by atoms with Crippen LogP contribution in [0.2, 0.25) is 0 Å². The quantitative estimate of drug-likeness (QED) is 0.577. The number of nitrogens with zero attached hydrogens (tertiary/aromatic N) is 2. The van der Waals surface area contributed by atoms with Crippen molar-refractivity contribution in [1.29, 1.82) is 0 Å². The molecule has 0 saturated carbocycles. The van der Waals surface area contributed by atoms with E-state index in [1.165, 1.54) is 5.56 Å². The number of carbonyl (C=O) groups excluding carboxylic acids is 1. The van der Waals surface area contributed by atoms with Crippen molar-refractivity contribution >= 4 is 16.9 Å². The van der Waals surface area contributed by atoms with Crippen molar-refractivity contribution in [2.75, 3.05) is 6.79 Å². The SMILES string of the molecule is Cc1cccc(-n2cnc3cc(C(=O)NCc4ccc5c(c4)OCO5)ccc32)c1. The molecule has 1 N–H and O–H groups in total. The molecule has 29 heavy (non-hydrogen) atoms. The van der Waals surface area contributed by atoms with Crippen molar-refractivity contribution < 1.29 is 14.3 Å². The summed E-state index contributed by atoms with van der Waals surface area (Å²) >= 11 is 0. The van der Waals surface area contributed by atoms with Gasteiger partial charge >= 0.3 is 0 Å². The Balaban J connectivity index is 1.34. The Morgan fingerprint density at radius 1 is 1.07 bits per heavy atom. The normalized spacial score (nSPS) is 12.3. The van der Waals surface area contributed by atoms with Crippen LogP contribution in [0.4, 0.5) is 0 Å². The monoisotopic (exact) mass is 385 g/mol. The molecule has 4 aromatic rings. The van der Waals surface area contributed by atoms with Crippen LogP contribution in [0.15, 0.2) is 67.0 Å². The lowest BCUT2D eigenvalue weighted by molar-refractivity contribution is 0.0951. The number of hydrogen-bond donors (Lipinski definition) is 1.